The highest BCUT2D eigenvalue weighted by Crippen LogP contribution is 2.26. The molecule has 0 aliphatic heterocycles. The molecule has 0 aliphatic carbocycles. The summed E-state index contributed by atoms with van der Waals surface area (Å²) in [6.45, 7) is 4.63. The highest BCUT2D eigenvalue weighted by Gasteiger charge is 2.18. The van der Waals surface area contributed by atoms with E-state index in [-0.39, 0.29) is 0 Å². The molecule has 2 rings (SSSR count). The quantitative estimate of drug-likeness (QED) is 0.916. The van der Waals surface area contributed by atoms with Gasteiger partial charge in [0.25, 0.3) is 0 Å². The molecule has 0 saturated carbocycles. The van der Waals surface area contributed by atoms with Crippen molar-refractivity contribution >= 4 is 11.6 Å². The van der Waals surface area contributed by atoms with Gasteiger partial charge in [0.2, 0.25) is 0 Å². The summed E-state index contributed by atoms with van der Waals surface area (Å²) in [5, 5.41) is 5.03. The second-order valence-electron chi connectivity index (χ2n) is 4.86. The Kier molecular flexibility index (Phi) is 4.96. The van der Waals surface area contributed by atoms with Gasteiger partial charge in [0, 0.05) is 19.0 Å². The number of nitrogens with zero attached hydrogens (tertiary/aromatic N) is 2. The van der Waals surface area contributed by atoms with E-state index >= 15 is 0 Å². The monoisotopic (exact) mass is 313 g/mol. The number of hydrogen-bond acceptors (Lipinski definition) is 2. The van der Waals surface area contributed by atoms with E-state index in [0.717, 1.165) is 29.9 Å². The van der Waals surface area contributed by atoms with E-state index in [1.54, 1.807) is 4.68 Å². The van der Waals surface area contributed by atoms with Crippen molar-refractivity contribution in [3.05, 3.63) is 51.8 Å². The molecule has 2 aromatic rings. The SMILES string of the molecule is CCc1nn(CC)c(CC(N)c2ccc(F)c(F)c2)c1Cl. The molecule has 21 heavy (non-hydrogen) atoms. The van der Waals surface area contributed by atoms with Crippen molar-refractivity contribution < 1.29 is 8.78 Å². The predicted octanol–water partition coefficient (Wildman–Crippen LogP) is 3.64. The standard InChI is InChI=1S/C15H18ClF2N3/c1-3-13-15(16)14(21(4-2)20-13)8-12(19)9-5-6-10(17)11(18)7-9/h5-7,12H,3-4,8,19H2,1-2H3. The summed E-state index contributed by atoms with van der Waals surface area (Å²) in [5.74, 6) is -1.77. The predicted molar refractivity (Wildman–Crippen MR) is 79.3 cm³/mol. The van der Waals surface area contributed by atoms with Crippen molar-refractivity contribution in [1.29, 1.82) is 0 Å². The minimum Gasteiger partial charge on any atom is -0.324 e. The Balaban J connectivity index is 2.28. The molecule has 3 nitrogen and oxygen atoms in total. The molecular formula is C15H18ClF2N3. The van der Waals surface area contributed by atoms with Crippen molar-refractivity contribution in [3.63, 3.8) is 0 Å². The lowest BCUT2D eigenvalue weighted by atomic mass is 10.0. The van der Waals surface area contributed by atoms with Crippen molar-refractivity contribution in [2.45, 2.75) is 39.3 Å². The molecule has 1 heterocycles. The first kappa shape index (κ1) is 15.9. The van der Waals surface area contributed by atoms with Crippen molar-refractivity contribution in [2.75, 3.05) is 0 Å². The normalized spacial score (nSPS) is 12.7. The van der Waals surface area contributed by atoms with Crippen LogP contribution in [0.3, 0.4) is 0 Å². The minimum atomic E-state index is -0.896. The van der Waals surface area contributed by atoms with Gasteiger partial charge in [-0.1, -0.05) is 24.6 Å². The highest BCUT2D eigenvalue weighted by molar-refractivity contribution is 6.31. The van der Waals surface area contributed by atoms with Crippen molar-refractivity contribution in [3.8, 4) is 0 Å². The smallest absolute Gasteiger partial charge is 0.159 e. The van der Waals surface area contributed by atoms with Crippen LogP contribution in [-0.4, -0.2) is 9.78 Å². The first-order valence-corrected chi connectivity index (χ1v) is 7.30. The van der Waals surface area contributed by atoms with Crippen molar-refractivity contribution in [2.24, 2.45) is 5.73 Å². The third-order valence-corrected chi connectivity index (χ3v) is 3.92. The number of aromatic nitrogens is 2. The lowest BCUT2D eigenvalue weighted by molar-refractivity contribution is 0.504. The Hall–Kier alpha value is -1.46. The molecule has 1 unspecified atom stereocenters. The molecule has 1 atom stereocenters. The van der Waals surface area contributed by atoms with E-state index in [0.29, 0.717) is 23.6 Å². The second-order valence-corrected chi connectivity index (χ2v) is 5.24. The third-order valence-electron chi connectivity index (χ3n) is 3.48. The fourth-order valence-electron chi connectivity index (χ4n) is 2.28. The van der Waals surface area contributed by atoms with E-state index in [2.05, 4.69) is 5.10 Å². The number of halogens is 3. The number of hydrogen-bond donors (Lipinski definition) is 1. The Labute approximate surface area is 127 Å². The van der Waals surface area contributed by atoms with Crippen LogP contribution in [0.25, 0.3) is 0 Å². The molecule has 0 aliphatic rings. The third kappa shape index (κ3) is 3.24. The summed E-state index contributed by atoms with van der Waals surface area (Å²) >= 11 is 6.32. The van der Waals surface area contributed by atoms with E-state index < -0.39 is 17.7 Å². The molecule has 6 heteroatoms. The molecule has 0 spiro atoms. The molecule has 1 aromatic carbocycles. The van der Waals surface area contributed by atoms with Crippen LogP contribution in [0, 0.1) is 11.6 Å². The van der Waals surface area contributed by atoms with Gasteiger partial charge < -0.3 is 5.73 Å². The second kappa shape index (κ2) is 6.54. The number of aryl methyl sites for hydroxylation is 2. The van der Waals surface area contributed by atoms with E-state index in [1.807, 2.05) is 13.8 Å². The zero-order valence-electron chi connectivity index (χ0n) is 12.0. The average Bonchev–Trinajstić information content (AvgIpc) is 2.78. The lowest BCUT2D eigenvalue weighted by Crippen LogP contribution is -2.16. The van der Waals surface area contributed by atoms with Crippen LogP contribution in [0.2, 0.25) is 5.02 Å². The Morgan fingerprint density at radius 2 is 2.00 bits per heavy atom. The molecule has 0 radical (unpaired) electrons. The fourth-order valence-corrected chi connectivity index (χ4v) is 2.63. The molecule has 0 bridgehead atoms. The van der Waals surface area contributed by atoms with Gasteiger partial charge in [0.1, 0.15) is 0 Å². The van der Waals surface area contributed by atoms with Gasteiger partial charge in [-0.2, -0.15) is 5.10 Å². The molecule has 2 N–H and O–H groups in total. The molecule has 114 valence electrons. The lowest BCUT2D eigenvalue weighted by Gasteiger charge is -2.14. The first-order chi connectivity index (χ1) is 9.97. The summed E-state index contributed by atoms with van der Waals surface area (Å²) in [4.78, 5) is 0. The van der Waals surface area contributed by atoms with Crippen LogP contribution in [0.15, 0.2) is 18.2 Å². The zero-order valence-corrected chi connectivity index (χ0v) is 12.8. The van der Waals surface area contributed by atoms with E-state index in [4.69, 9.17) is 17.3 Å². The largest absolute Gasteiger partial charge is 0.324 e. The molecule has 0 saturated heterocycles. The number of benzene rings is 1. The zero-order chi connectivity index (χ0) is 15.6. The maximum atomic E-state index is 13.3. The average molecular weight is 314 g/mol. The summed E-state index contributed by atoms with van der Waals surface area (Å²) in [7, 11) is 0. The van der Waals surface area contributed by atoms with Crippen LogP contribution < -0.4 is 5.73 Å². The molecule has 1 aromatic heterocycles. The number of nitrogens with two attached hydrogens (primary N) is 1. The minimum absolute atomic E-state index is 0.421. The van der Waals surface area contributed by atoms with Gasteiger partial charge in [0.15, 0.2) is 11.6 Å². The topological polar surface area (TPSA) is 43.8 Å². The molecule has 0 amide bonds. The summed E-state index contributed by atoms with van der Waals surface area (Å²) < 4.78 is 28.1. The van der Waals surface area contributed by atoms with Crippen LogP contribution in [0.5, 0.6) is 0 Å². The first-order valence-electron chi connectivity index (χ1n) is 6.92. The van der Waals surface area contributed by atoms with Crippen LogP contribution >= 0.6 is 11.6 Å². The van der Waals surface area contributed by atoms with E-state index in [1.165, 1.54) is 6.07 Å². The molecule has 0 fully saturated rings. The van der Waals surface area contributed by atoms with Gasteiger partial charge in [-0.25, -0.2) is 8.78 Å². The van der Waals surface area contributed by atoms with Gasteiger partial charge >= 0.3 is 0 Å². The maximum Gasteiger partial charge on any atom is 0.159 e. The van der Waals surface area contributed by atoms with Gasteiger partial charge in [-0.3, -0.25) is 4.68 Å². The maximum absolute atomic E-state index is 13.3. The fraction of sp³-hybridized carbons (Fsp3) is 0.400. The summed E-state index contributed by atoms with van der Waals surface area (Å²) in [6, 6.07) is 3.23. The van der Waals surface area contributed by atoms with E-state index in [9.17, 15) is 8.78 Å². The van der Waals surface area contributed by atoms with Crippen LogP contribution in [0.1, 0.15) is 36.8 Å². The van der Waals surface area contributed by atoms with Crippen LogP contribution in [0.4, 0.5) is 8.78 Å². The summed E-state index contributed by atoms with van der Waals surface area (Å²) in [5.41, 5.74) is 8.29. The highest BCUT2D eigenvalue weighted by atomic mass is 35.5. The Morgan fingerprint density at radius 1 is 1.29 bits per heavy atom. The summed E-state index contributed by atoms with van der Waals surface area (Å²) in [6.07, 6.45) is 1.16. The van der Waals surface area contributed by atoms with Gasteiger partial charge in [-0.15, -0.1) is 0 Å². The van der Waals surface area contributed by atoms with Crippen molar-refractivity contribution in [1.82, 2.24) is 9.78 Å². The van der Waals surface area contributed by atoms with Gasteiger partial charge in [-0.05, 0) is 31.0 Å². The Morgan fingerprint density at radius 3 is 2.57 bits per heavy atom. The van der Waals surface area contributed by atoms with Crippen LogP contribution in [-0.2, 0) is 19.4 Å². The Bertz CT molecular complexity index is 640. The molecular weight excluding hydrogens is 296 g/mol. The van der Waals surface area contributed by atoms with Gasteiger partial charge in [0.05, 0.1) is 16.4 Å². The number of rotatable bonds is 5.